The molecule has 0 spiro atoms. The van der Waals surface area contributed by atoms with E-state index in [2.05, 4.69) is 0 Å². The molecule has 2 atom stereocenters. The van der Waals surface area contributed by atoms with Gasteiger partial charge < -0.3 is 49.2 Å². The van der Waals surface area contributed by atoms with Gasteiger partial charge in [-0.25, -0.2) is 0 Å². The summed E-state index contributed by atoms with van der Waals surface area (Å²) in [4.78, 5) is 28.5. The molecule has 1 aliphatic rings. The number of carbonyl (C=O) groups is 2. The van der Waals surface area contributed by atoms with Crippen LogP contribution >= 0.6 is 0 Å². The molecule has 2 unspecified atom stereocenters. The third-order valence-electron chi connectivity index (χ3n) is 8.44. The van der Waals surface area contributed by atoms with E-state index in [9.17, 15) is 35.1 Å². The topological polar surface area (TPSA) is 181 Å². The monoisotopic (exact) mass is 734 g/mol. The van der Waals surface area contributed by atoms with Crippen LogP contribution < -0.4 is 18.9 Å². The first-order valence-corrected chi connectivity index (χ1v) is 16.4. The van der Waals surface area contributed by atoms with E-state index < -0.39 is 29.3 Å². The maximum atomic E-state index is 14.3. The van der Waals surface area contributed by atoms with Crippen molar-refractivity contribution in [3.8, 4) is 46.0 Å². The molecule has 5 N–H and O–H groups in total. The molecular formula is C42H38O12. The van der Waals surface area contributed by atoms with Crippen molar-refractivity contribution in [1.82, 2.24) is 0 Å². The van der Waals surface area contributed by atoms with Crippen LogP contribution in [0.2, 0.25) is 0 Å². The van der Waals surface area contributed by atoms with Crippen molar-refractivity contribution in [1.29, 1.82) is 0 Å². The second-order valence-electron chi connectivity index (χ2n) is 11.9. The van der Waals surface area contributed by atoms with Gasteiger partial charge in [0.2, 0.25) is 0 Å². The molecule has 0 aliphatic carbocycles. The number of benzene rings is 4. The first kappa shape index (κ1) is 38.2. The summed E-state index contributed by atoms with van der Waals surface area (Å²) in [5.74, 6) is -2.68. The lowest BCUT2D eigenvalue weighted by Crippen LogP contribution is -2.23. The summed E-state index contributed by atoms with van der Waals surface area (Å²) >= 11 is 0. The summed E-state index contributed by atoms with van der Waals surface area (Å²) in [5, 5.41) is 51.3. The van der Waals surface area contributed by atoms with Gasteiger partial charge in [-0.1, -0.05) is 42.5 Å². The number of hydrogen-bond acceptors (Lipinski definition) is 12. The number of hydrogen-bond donors (Lipinski definition) is 5. The van der Waals surface area contributed by atoms with Crippen LogP contribution in [-0.2, 0) is 14.3 Å². The van der Waals surface area contributed by atoms with Crippen LogP contribution in [0.15, 0.2) is 114 Å². The number of allylic oxidation sites excluding steroid dienone is 4. The number of carbonyl (C=O) groups excluding carboxylic acids is 2. The van der Waals surface area contributed by atoms with Gasteiger partial charge in [0, 0.05) is 6.08 Å². The molecule has 54 heavy (non-hydrogen) atoms. The second-order valence-corrected chi connectivity index (χ2v) is 11.9. The van der Waals surface area contributed by atoms with Crippen molar-refractivity contribution in [3.05, 3.63) is 136 Å². The molecular weight excluding hydrogens is 696 g/mol. The van der Waals surface area contributed by atoms with Gasteiger partial charge in [-0.15, -0.1) is 0 Å². The summed E-state index contributed by atoms with van der Waals surface area (Å²) < 4.78 is 27.3. The number of aliphatic hydroxyl groups is 1. The van der Waals surface area contributed by atoms with E-state index in [4.69, 9.17) is 23.7 Å². The molecule has 12 heteroatoms. The average molecular weight is 735 g/mol. The lowest BCUT2D eigenvalue weighted by atomic mass is 9.84. The number of phenols is 4. The minimum atomic E-state index is -1.32. The number of ketones is 2. The molecule has 0 fully saturated rings. The maximum Gasteiger partial charge on any atom is 0.186 e. The number of aromatic hydroxyl groups is 4. The van der Waals surface area contributed by atoms with Crippen molar-refractivity contribution in [2.45, 2.75) is 6.10 Å². The predicted molar refractivity (Wildman–Crippen MR) is 201 cm³/mol. The largest absolute Gasteiger partial charge is 0.508 e. The van der Waals surface area contributed by atoms with Gasteiger partial charge in [-0.2, -0.15) is 0 Å². The number of aliphatic hydroxyl groups excluding tert-OH is 1. The summed E-state index contributed by atoms with van der Waals surface area (Å²) in [6, 6.07) is 18.1. The van der Waals surface area contributed by atoms with Crippen molar-refractivity contribution in [3.63, 3.8) is 0 Å². The second kappa shape index (κ2) is 17.0. The zero-order chi connectivity index (χ0) is 38.9. The van der Waals surface area contributed by atoms with Crippen LogP contribution in [-0.4, -0.2) is 65.5 Å². The highest BCUT2D eigenvalue weighted by molar-refractivity contribution is 6.13. The fourth-order valence-corrected chi connectivity index (χ4v) is 5.69. The molecule has 0 bridgehead atoms. The molecule has 0 amide bonds. The van der Waals surface area contributed by atoms with Crippen LogP contribution in [0.5, 0.6) is 46.0 Å². The molecule has 12 nitrogen and oxygen atoms in total. The maximum absolute atomic E-state index is 14.3. The van der Waals surface area contributed by atoms with E-state index in [0.717, 1.165) is 6.08 Å². The molecule has 0 radical (unpaired) electrons. The van der Waals surface area contributed by atoms with E-state index in [-0.39, 0.29) is 57.3 Å². The zero-order valence-corrected chi connectivity index (χ0v) is 29.7. The zero-order valence-electron chi connectivity index (χ0n) is 29.7. The highest BCUT2D eigenvalue weighted by atomic mass is 16.5. The van der Waals surface area contributed by atoms with Gasteiger partial charge in [-0.05, 0) is 89.0 Å². The number of phenolic OH excluding ortho intramolecular Hbond substituents is 4. The smallest absolute Gasteiger partial charge is 0.186 e. The van der Waals surface area contributed by atoms with E-state index >= 15 is 0 Å². The van der Waals surface area contributed by atoms with Crippen molar-refractivity contribution < 1.29 is 58.8 Å². The highest BCUT2D eigenvalue weighted by Gasteiger charge is 2.43. The van der Waals surface area contributed by atoms with Crippen molar-refractivity contribution in [2.75, 3.05) is 28.4 Å². The lowest BCUT2D eigenvalue weighted by molar-refractivity contribution is -0.121. The van der Waals surface area contributed by atoms with E-state index in [1.54, 1.807) is 30.3 Å². The van der Waals surface area contributed by atoms with Gasteiger partial charge in [0.05, 0.1) is 39.9 Å². The van der Waals surface area contributed by atoms with E-state index in [1.807, 2.05) is 0 Å². The molecule has 0 aromatic heterocycles. The predicted octanol–water partition coefficient (Wildman–Crippen LogP) is 7.21. The van der Waals surface area contributed by atoms with Gasteiger partial charge in [0.25, 0.3) is 0 Å². The SMILES string of the molecule is COc1cc(/C=C/C(=O)C2=C(/C=C/c3ccc(O)c(OC)c3)OC(c3ccc(O)c(OC)c3)C2C(=O)/C=C(O)/C=C/c2ccc(O)c(OC)c2)ccc1O. The third-order valence-corrected chi connectivity index (χ3v) is 8.44. The molecule has 0 saturated carbocycles. The van der Waals surface area contributed by atoms with Crippen LogP contribution in [0.1, 0.15) is 28.4 Å². The van der Waals surface area contributed by atoms with Gasteiger partial charge in [0.1, 0.15) is 17.6 Å². The van der Waals surface area contributed by atoms with Crippen molar-refractivity contribution in [2.24, 2.45) is 5.92 Å². The van der Waals surface area contributed by atoms with Crippen LogP contribution in [0.25, 0.3) is 18.2 Å². The third kappa shape index (κ3) is 8.68. The molecule has 4 aromatic carbocycles. The minimum Gasteiger partial charge on any atom is -0.508 e. The summed E-state index contributed by atoms with van der Waals surface area (Å²) in [6.45, 7) is 0. The molecule has 5 rings (SSSR count). The fourth-order valence-electron chi connectivity index (χ4n) is 5.69. The van der Waals surface area contributed by atoms with Gasteiger partial charge in [-0.3, -0.25) is 9.59 Å². The quantitative estimate of drug-likeness (QED) is 0.0500. The number of methoxy groups -OCH3 is 4. The Morgan fingerprint density at radius 1 is 0.593 bits per heavy atom. The normalized spacial score (nSPS) is 15.9. The summed E-state index contributed by atoms with van der Waals surface area (Å²) in [5.41, 5.74) is 1.99. The fraction of sp³-hybridized carbons (Fsp3) is 0.143. The van der Waals surface area contributed by atoms with E-state index in [0.29, 0.717) is 22.3 Å². The summed E-state index contributed by atoms with van der Waals surface area (Å²) in [7, 11) is 5.57. The molecule has 1 heterocycles. The lowest BCUT2D eigenvalue weighted by Gasteiger charge is -2.20. The molecule has 0 saturated heterocycles. The van der Waals surface area contributed by atoms with Crippen LogP contribution in [0.4, 0.5) is 0 Å². The Morgan fingerprint density at radius 3 is 1.54 bits per heavy atom. The number of rotatable bonds is 14. The minimum absolute atomic E-state index is 0.0370. The standard InChI is InChI=1S/C42H38O12/c1-50-36-19-24(6-13-29(36)44)5-12-28(43)23-34(49)41-40(33(48)16-9-25-7-14-30(45)37(20-25)51-2)35(18-10-26-8-15-31(46)38(21-26)52-3)54-42(41)27-11-17-32(47)39(22-27)53-4/h5-23,41-47H,1-4H3/b12-5+,16-9+,18-10+,28-23-. The van der Waals surface area contributed by atoms with Gasteiger partial charge in [0.15, 0.2) is 57.6 Å². The molecule has 1 aliphatic heterocycles. The Labute approximate surface area is 311 Å². The first-order valence-electron chi connectivity index (χ1n) is 16.4. The van der Waals surface area contributed by atoms with Crippen LogP contribution in [0.3, 0.4) is 0 Å². The Bertz CT molecular complexity index is 2210. The molecule has 4 aromatic rings. The first-order chi connectivity index (χ1) is 26.0. The number of ether oxygens (including phenoxy) is 5. The Hall–Kier alpha value is -7.08. The highest BCUT2D eigenvalue weighted by Crippen LogP contribution is 2.45. The van der Waals surface area contributed by atoms with Crippen LogP contribution in [0, 0.1) is 5.92 Å². The van der Waals surface area contributed by atoms with E-state index in [1.165, 1.54) is 107 Å². The van der Waals surface area contributed by atoms with Crippen molar-refractivity contribution >= 4 is 29.8 Å². The van der Waals surface area contributed by atoms with Gasteiger partial charge >= 0.3 is 0 Å². The Kier molecular flexibility index (Phi) is 12.0. The Morgan fingerprint density at radius 2 is 1.04 bits per heavy atom. The average Bonchev–Trinajstić information content (AvgIpc) is 3.56. The molecule has 278 valence electrons. The Balaban J connectivity index is 1.62. The summed E-state index contributed by atoms with van der Waals surface area (Å²) in [6.07, 6.45) is 8.50.